The number of nitrogens with one attached hydrogen (secondary N) is 1. The van der Waals surface area contributed by atoms with Gasteiger partial charge in [0.05, 0.1) is 0 Å². The topological polar surface area (TPSA) is 116 Å². The molecule has 29 heavy (non-hydrogen) atoms. The van der Waals surface area contributed by atoms with Crippen LogP contribution in [0.1, 0.15) is 70.8 Å². The van der Waals surface area contributed by atoms with Crippen LogP contribution in [0.25, 0.3) is 0 Å². The number of rotatable bonds is 9. The van der Waals surface area contributed by atoms with E-state index >= 15 is 0 Å². The smallest absolute Gasteiger partial charge is 0.414 e. The first kappa shape index (κ1) is 24.9. The molecule has 0 aromatic heterocycles. The Kier molecular flexibility index (Phi) is 10.7. The van der Waals surface area contributed by atoms with E-state index in [0.717, 1.165) is 18.6 Å². The minimum atomic E-state index is -1.82. The van der Waals surface area contributed by atoms with Gasteiger partial charge in [-0.1, -0.05) is 44.4 Å². The number of carboxylic acid groups (broad SMARTS) is 2. The Labute approximate surface area is 173 Å². The first-order chi connectivity index (χ1) is 13.7. The predicted octanol–water partition coefficient (Wildman–Crippen LogP) is 3.41. The molecule has 2 rings (SSSR count). The van der Waals surface area contributed by atoms with Crippen molar-refractivity contribution in [3.05, 3.63) is 29.8 Å². The maximum absolute atomic E-state index is 10.2. The highest BCUT2D eigenvalue weighted by Crippen LogP contribution is 2.38. The minimum Gasteiger partial charge on any atom is -0.491 e. The molecule has 0 aliphatic heterocycles. The van der Waals surface area contributed by atoms with Crippen molar-refractivity contribution in [3.63, 3.8) is 0 Å². The summed E-state index contributed by atoms with van der Waals surface area (Å²) in [6.07, 6.45) is 6.91. The molecule has 1 atom stereocenters. The molecule has 1 unspecified atom stereocenters. The second-order valence-corrected chi connectivity index (χ2v) is 8.11. The Morgan fingerprint density at radius 2 is 1.76 bits per heavy atom. The fourth-order valence-corrected chi connectivity index (χ4v) is 3.54. The normalized spacial score (nSPS) is 15.3. The number of aliphatic hydroxyl groups excluding tert-OH is 1. The van der Waals surface area contributed by atoms with Crippen LogP contribution in [-0.2, 0) is 9.59 Å². The van der Waals surface area contributed by atoms with Crippen LogP contribution in [0.4, 0.5) is 0 Å². The first-order valence-corrected chi connectivity index (χ1v) is 10.3. The van der Waals surface area contributed by atoms with Crippen LogP contribution in [-0.4, -0.2) is 52.1 Å². The number of β-amino-alcohol motifs (C(OH)–C–C–N with tert-alkyl or cyclic N) is 1. The molecule has 0 heterocycles. The summed E-state index contributed by atoms with van der Waals surface area (Å²) in [6.45, 7) is 7.46. The van der Waals surface area contributed by atoms with Gasteiger partial charge in [-0.25, -0.2) is 9.59 Å². The lowest BCUT2D eigenvalue weighted by Gasteiger charge is -2.27. The quantitative estimate of drug-likeness (QED) is 0.462. The molecule has 4 N–H and O–H groups in total. The summed E-state index contributed by atoms with van der Waals surface area (Å²) in [5, 5.41) is 28.4. The molecule has 1 aliphatic rings. The zero-order chi connectivity index (χ0) is 21.9. The molecule has 0 saturated heterocycles. The predicted molar refractivity (Wildman–Crippen MR) is 111 cm³/mol. The van der Waals surface area contributed by atoms with Gasteiger partial charge in [-0.05, 0) is 50.7 Å². The average molecular weight is 410 g/mol. The Morgan fingerprint density at radius 3 is 2.31 bits per heavy atom. The van der Waals surface area contributed by atoms with Crippen molar-refractivity contribution in [2.75, 3.05) is 13.2 Å². The van der Waals surface area contributed by atoms with E-state index in [1.54, 1.807) is 0 Å². The summed E-state index contributed by atoms with van der Waals surface area (Å²) >= 11 is 0. The van der Waals surface area contributed by atoms with Gasteiger partial charge in [-0.15, -0.1) is 0 Å². The van der Waals surface area contributed by atoms with Crippen molar-refractivity contribution in [2.45, 2.75) is 76.9 Å². The molecule has 164 valence electrons. The van der Waals surface area contributed by atoms with Crippen LogP contribution < -0.4 is 10.1 Å². The lowest BCUT2D eigenvalue weighted by Crippen LogP contribution is -2.44. The van der Waals surface area contributed by atoms with Crippen molar-refractivity contribution in [3.8, 4) is 5.75 Å². The van der Waals surface area contributed by atoms with Gasteiger partial charge in [0.2, 0.25) is 0 Å². The SMILES string of the molecule is CCCC(C)(C)NCC(O)COc1ccccc1C1CCCC1.O=C(O)C(=O)O. The second kappa shape index (κ2) is 12.4. The summed E-state index contributed by atoms with van der Waals surface area (Å²) in [7, 11) is 0. The standard InChI is InChI=1S/C20H33NO2.C2H2O4/c1-4-13-20(2,3)21-14-17(22)15-23-19-12-8-7-11-18(19)16-9-5-6-10-16;3-1(4)2(5)6/h7-8,11-12,16-17,21-22H,4-6,9-10,13-15H2,1-3H3;(H,3,4)(H,5,6). The molecule has 1 aromatic rings. The zero-order valence-electron chi connectivity index (χ0n) is 17.7. The number of benzene rings is 1. The van der Waals surface area contributed by atoms with E-state index in [0.29, 0.717) is 19.1 Å². The molecule has 0 spiro atoms. The summed E-state index contributed by atoms with van der Waals surface area (Å²) < 4.78 is 5.95. The van der Waals surface area contributed by atoms with Crippen molar-refractivity contribution >= 4 is 11.9 Å². The number of aliphatic carboxylic acids is 2. The van der Waals surface area contributed by atoms with Crippen LogP contribution in [0.15, 0.2) is 24.3 Å². The highest BCUT2D eigenvalue weighted by atomic mass is 16.5. The number of ether oxygens (including phenoxy) is 1. The first-order valence-electron chi connectivity index (χ1n) is 10.3. The summed E-state index contributed by atoms with van der Waals surface area (Å²) in [6, 6.07) is 8.32. The lowest BCUT2D eigenvalue weighted by molar-refractivity contribution is -0.159. The van der Waals surface area contributed by atoms with Gasteiger partial charge in [0, 0.05) is 12.1 Å². The second-order valence-electron chi connectivity index (χ2n) is 8.11. The number of hydrogen-bond donors (Lipinski definition) is 4. The Bertz CT molecular complexity index is 628. The van der Waals surface area contributed by atoms with E-state index in [-0.39, 0.29) is 5.54 Å². The van der Waals surface area contributed by atoms with Crippen LogP contribution in [0.5, 0.6) is 5.75 Å². The number of carbonyl (C=O) groups is 2. The summed E-state index contributed by atoms with van der Waals surface area (Å²) in [5.74, 6) is -2.07. The Hall–Kier alpha value is -2.12. The van der Waals surface area contributed by atoms with Gasteiger partial charge in [0.25, 0.3) is 0 Å². The third kappa shape index (κ3) is 9.76. The van der Waals surface area contributed by atoms with Crippen LogP contribution in [0.3, 0.4) is 0 Å². The van der Waals surface area contributed by atoms with Crippen molar-refractivity contribution < 1.29 is 29.6 Å². The van der Waals surface area contributed by atoms with Gasteiger partial charge in [-0.2, -0.15) is 0 Å². The lowest BCUT2D eigenvalue weighted by atomic mass is 9.97. The Balaban J connectivity index is 0.000000612. The highest BCUT2D eigenvalue weighted by molar-refractivity contribution is 6.27. The van der Waals surface area contributed by atoms with E-state index in [9.17, 15) is 5.11 Å². The molecule has 1 aliphatic carbocycles. The van der Waals surface area contributed by atoms with Crippen LogP contribution in [0, 0.1) is 0 Å². The highest BCUT2D eigenvalue weighted by Gasteiger charge is 2.21. The van der Waals surface area contributed by atoms with Crippen LogP contribution in [0.2, 0.25) is 0 Å². The number of hydrogen-bond acceptors (Lipinski definition) is 5. The fraction of sp³-hybridized carbons (Fsp3) is 0.636. The molecular weight excluding hydrogens is 374 g/mol. The van der Waals surface area contributed by atoms with E-state index in [1.165, 1.54) is 31.2 Å². The third-order valence-electron chi connectivity index (χ3n) is 5.02. The zero-order valence-corrected chi connectivity index (χ0v) is 17.7. The van der Waals surface area contributed by atoms with Crippen molar-refractivity contribution in [1.29, 1.82) is 0 Å². The van der Waals surface area contributed by atoms with Gasteiger partial charge in [0.1, 0.15) is 18.5 Å². The van der Waals surface area contributed by atoms with Crippen LogP contribution >= 0.6 is 0 Å². The maximum Gasteiger partial charge on any atom is 0.414 e. The van der Waals surface area contributed by atoms with Crippen molar-refractivity contribution in [1.82, 2.24) is 5.32 Å². The summed E-state index contributed by atoms with van der Waals surface area (Å²) in [4.78, 5) is 18.2. The molecule has 1 aromatic carbocycles. The Morgan fingerprint density at radius 1 is 1.17 bits per heavy atom. The van der Waals surface area contributed by atoms with E-state index in [2.05, 4.69) is 38.2 Å². The average Bonchev–Trinajstić information content (AvgIpc) is 3.20. The largest absolute Gasteiger partial charge is 0.491 e. The molecule has 1 saturated carbocycles. The molecule has 1 fully saturated rings. The molecule has 7 heteroatoms. The number of para-hydroxylation sites is 1. The van der Waals surface area contributed by atoms with E-state index in [4.69, 9.17) is 24.5 Å². The van der Waals surface area contributed by atoms with E-state index in [1.807, 2.05) is 12.1 Å². The fourth-order valence-electron chi connectivity index (χ4n) is 3.54. The van der Waals surface area contributed by atoms with Gasteiger partial charge in [-0.3, -0.25) is 0 Å². The number of aliphatic hydroxyl groups is 1. The number of carboxylic acids is 2. The molecule has 0 radical (unpaired) electrons. The molecule has 0 bridgehead atoms. The van der Waals surface area contributed by atoms with Gasteiger partial charge in [0.15, 0.2) is 0 Å². The monoisotopic (exact) mass is 409 g/mol. The van der Waals surface area contributed by atoms with Gasteiger partial charge < -0.3 is 25.4 Å². The molecular formula is C22H35NO6. The molecule has 7 nitrogen and oxygen atoms in total. The maximum atomic E-state index is 10.2. The minimum absolute atomic E-state index is 0.0669. The van der Waals surface area contributed by atoms with Crippen molar-refractivity contribution in [2.24, 2.45) is 0 Å². The van der Waals surface area contributed by atoms with Gasteiger partial charge >= 0.3 is 11.9 Å². The molecule has 0 amide bonds. The summed E-state index contributed by atoms with van der Waals surface area (Å²) in [5.41, 5.74) is 1.38. The third-order valence-corrected chi connectivity index (χ3v) is 5.02. The van der Waals surface area contributed by atoms with E-state index < -0.39 is 18.0 Å².